The Morgan fingerprint density at radius 3 is 0.800 bits per heavy atom. The van der Waals surface area contributed by atoms with Crippen LogP contribution in [0.15, 0.2) is 169 Å². The predicted octanol–water partition coefficient (Wildman–Crippen LogP) is 9.37. The maximum Gasteiger partial charge on any atom is 0.162 e. The highest BCUT2D eigenvalue weighted by molar-refractivity contribution is 8.08. The molecule has 0 aromatic heterocycles. The quantitative estimate of drug-likeness (QED) is 0.134. The first-order chi connectivity index (χ1) is 24.6. The normalized spacial score (nSPS) is 14.6. The van der Waals surface area contributed by atoms with Crippen LogP contribution in [0.4, 0.5) is 0 Å². The molecule has 0 spiro atoms. The van der Waals surface area contributed by atoms with Crippen LogP contribution in [0.1, 0.15) is 11.1 Å². The second-order valence-corrected chi connectivity index (χ2v) is 18.2. The van der Waals surface area contributed by atoms with Crippen LogP contribution in [0.5, 0.6) is 23.0 Å². The molecule has 7 rings (SSSR count). The van der Waals surface area contributed by atoms with Gasteiger partial charge in [-0.15, -0.1) is 0 Å². The minimum atomic E-state index is -2.73. The van der Waals surface area contributed by atoms with Gasteiger partial charge in [0.15, 0.2) is 69.4 Å². The first-order valence-electron chi connectivity index (χ1n) is 16.5. The molecule has 0 saturated carbocycles. The number of rotatable bonds is 10. The standard InChI is InChI=1S/C44H40O4P2/c1-45-35-23-11-15-27-39(35)49(40-28-16-12-24-36(40)46-2)31-44(34-21-9-6-10-22-34)50(41-29-17-13-25-37(41)47-3,42-30-18-14-26-38(42)48-4)32-43(49)33-19-7-5-8-20-33/h5-32H,1-4H3/q+2. The maximum atomic E-state index is 6.24. The molecule has 1 heterocycles. The highest BCUT2D eigenvalue weighted by Crippen LogP contribution is 2.84. The lowest BCUT2D eigenvalue weighted by Crippen LogP contribution is -2.31. The van der Waals surface area contributed by atoms with Crippen LogP contribution in [-0.4, -0.2) is 28.4 Å². The summed E-state index contributed by atoms with van der Waals surface area (Å²) in [6.07, 6.45) is 0. The van der Waals surface area contributed by atoms with Crippen molar-refractivity contribution >= 4 is 46.4 Å². The highest BCUT2D eigenvalue weighted by atomic mass is 31.2. The summed E-state index contributed by atoms with van der Waals surface area (Å²) < 4.78 is 25.0. The van der Waals surface area contributed by atoms with Crippen molar-refractivity contribution < 1.29 is 18.9 Å². The summed E-state index contributed by atoms with van der Waals surface area (Å²) in [7, 11) is 1.58. The largest absolute Gasteiger partial charge is 0.493 e. The van der Waals surface area contributed by atoms with Gasteiger partial charge in [-0.05, 0) is 48.5 Å². The lowest BCUT2D eigenvalue weighted by atomic mass is 10.2. The van der Waals surface area contributed by atoms with E-state index in [9.17, 15) is 0 Å². The van der Waals surface area contributed by atoms with E-state index in [1.54, 1.807) is 28.4 Å². The van der Waals surface area contributed by atoms with Crippen molar-refractivity contribution in [3.63, 3.8) is 0 Å². The number of benzene rings is 6. The van der Waals surface area contributed by atoms with Crippen molar-refractivity contribution in [1.29, 1.82) is 0 Å². The van der Waals surface area contributed by atoms with Crippen LogP contribution < -0.4 is 40.2 Å². The lowest BCUT2D eigenvalue weighted by molar-refractivity contribution is 0.417. The molecule has 6 aromatic rings. The van der Waals surface area contributed by atoms with Gasteiger partial charge in [0.2, 0.25) is 0 Å². The van der Waals surface area contributed by atoms with Gasteiger partial charge in [0.25, 0.3) is 0 Å². The number of para-hydroxylation sites is 4. The fourth-order valence-corrected chi connectivity index (χ4v) is 17.6. The molecule has 50 heavy (non-hydrogen) atoms. The molecule has 4 nitrogen and oxygen atoms in total. The third kappa shape index (κ3) is 5.50. The molecule has 1 aliphatic rings. The van der Waals surface area contributed by atoms with E-state index in [1.165, 1.54) is 10.6 Å². The molecule has 0 amide bonds. The molecule has 0 radical (unpaired) electrons. The Kier molecular flexibility index (Phi) is 9.59. The first-order valence-corrected chi connectivity index (χ1v) is 20.2. The molecule has 0 aliphatic carbocycles. The van der Waals surface area contributed by atoms with Gasteiger partial charge < -0.3 is 18.9 Å². The smallest absolute Gasteiger partial charge is 0.162 e. The summed E-state index contributed by atoms with van der Waals surface area (Å²) in [5.74, 6) is 8.51. The molecule has 0 N–H and O–H groups in total. The average molecular weight is 695 g/mol. The summed E-state index contributed by atoms with van der Waals surface area (Å²) in [6, 6.07) is 55.4. The van der Waals surface area contributed by atoms with E-state index in [-0.39, 0.29) is 0 Å². The number of methoxy groups -OCH3 is 4. The third-order valence-corrected chi connectivity index (χ3v) is 17.9. The molecule has 0 atom stereocenters. The van der Waals surface area contributed by atoms with Gasteiger partial charge in [-0.25, -0.2) is 0 Å². The molecule has 0 unspecified atom stereocenters. The number of ether oxygens (including phenoxy) is 4. The second-order valence-electron chi connectivity index (χ2n) is 11.9. The Morgan fingerprint density at radius 1 is 0.300 bits per heavy atom. The zero-order valence-electron chi connectivity index (χ0n) is 28.7. The summed E-state index contributed by atoms with van der Waals surface area (Å²) in [5, 5.41) is 6.91. The molecular weight excluding hydrogens is 654 g/mol. The fourth-order valence-electron chi connectivity index (χ4n) is 7.20. The van der Waals surface area contributed by atoms with Crippen LogP contribution in [0, 0.1) is 0 Å². The van der Waals surface area contributed by atoms with Crippen molar-refractivity contribution in [1.82, 2.24) is 0 Å². The minimum Gasteiger partial charge on any atom is -0.493 e. The minimum absolute atomic E-state index is 0.831. The topological polar surface area (TPSA) is 36.9 Å². The van der Waals surface area contributed by atoms with Crippen molar-refractivity contribution in [2.24, 2.45) is 0 Å². The van der Waals surface area contributed by atoms with Crippen LogP contribution in [-0.2, 0) is 0 Å². The van der Waals surface area contributed by atoms with E-state index in [4.69, 9.17) is 18.9 Å². The van der Waals surface area contributed by atoms with E-state index >= 15 is 0 Å². The van der Waals surface area contributed by atoms with E-state index in [1.807, 2.05) is 24.3 Å². The van der Waals surface area contributed by atoms with Crippen molar-refractivity contribution in [2.45, 2.75) is 0 Å². The van der Waals surface area contributed by atoms with Gasteiger partial charge in [-0.3, -0.25) is 0 Å². The van der Waals surface area contributed by atoms with Gasteiger partial charge in [0.05, 0.1) is 28.4 Å². The SMILES string of the molecule is COc1ccccc1[P+]1(c2ccccc2OC)C=C(c2ccccc2)[P+](c2ccccc2OC)(c2ccccc2OC)C=C1c1ccccc1. The Labute approximate surface area is 296 Å². The van der Waals surface area contributed by atoms with Crippen molar-refractivity contribution in [2.75, 3.05) is 28.4 Å². The Bertz CT molecular complexity index is 1920. The predicted molar refractivity (Wildman–Crippen MR) is 213 cm³/mol. The number of hydrogen-bond donors (Lipinski definition) is 0. The summed E-state index contributed by atoms with van der Waals surface area (Å²) >= 11 is 0. The summed E-state index contributed by atoms with van der Waals surface area (Å²) in [5.41, 5.74) is 2.27. The molecule has 6 aromatic carbocycles. The van der Waals surface area contributed by atoms with E-state index in [0.717, 1.165) is 55.3 Å². The van der Waals surface area contributed by atoms with Gasteiger partial charge in [0.1, 0.15) is 11.6 Å². The first kappa shape index (κ1) is 33.4. The Hall–Kier alpha value is -5.14. The molecule has 6 heteroatoms. The molecular formula is C44H40O4P2+2. The van der Waals surface area contributed by atoms with E-state index in [0.29, 0.717) is 0 Å². The molecule has 0 fully saturated rings. The molecule has 1 aliphatic heterocycles. The summed E-state index contributed by atoms with van der Waals surface area (Å²) in [4.78, 5) is 0. The highest BCUT2D eigenvalue weighted by Gasteiger charge is 2.63. The fraction of sp³-hybridized carbons (Fsp3) is 0.0909. The summed E-state index contributed by atoms with van der Waals surface area (Å²) in [6.45, 7) is 0. The molecule has 0 bridgehead atoms. The van der Waals surface area contributed by atoms with E-state index < -0.39 is 14.5 Å². The van der Waals surface area contributed by atoms with Gasteiger partial charge in [-0.1, -0.05) is 109 Å². The van der Waals surface area contributed by atoms with Crippen molar-refractivity contribution in [3.8, 4) is 23.0 Å². The Morgan fingerprint density at radius 2 is 0.540 bits per heavy atom. The van der Waals surface area contributed by atoms with Crippen LogP contribution in [0.25, 0.3) is 10.6 Å². The zero-order valence-corrected chi connectivity index (χ0v) is 30.5. The van der Waals surface area contributed by atoms with Crippen LogP contribution >= 0.6 is 14.5 Å². The number of hydrogen-bond acceptors (Lipinski definition) is 4. The third-order valence-electron chi connectivity index (χ3n) is 9.39. The Balaban J connectivity index is 1.78. The van der Waals surface area contributed by atoms with Gasteiger partial charge in [0, 0.05) is 11.1 Å². The second kappa shape index (κ2) is 14.4. The lowest BCUT2D eigenvalue weighted by Gasteiger charge is -2.36. The van der Waals surface area contributed by atoms with Gasteiger partial charge in [-0.2, -0.15) is 0 Å². The molecule has 0 saturated heterocycles. The monoisotopic (exact) mass is 694 g/mol. The van der Waals surface area contributed by atoms with Crippen LogP contribution in [0.2, 0.25) is 0 Å². The maximum absolute atomic E-state index is 6.24. The van der Waals surface area contributed by atoms with Crippen molar-refractivity contribution in [3.05, 3.63) is 180 Å². The zero-order chi connectivity index (χ0) is 34.6. The average Bonchev–Trinajstić information content (AvgIpc) is 3.21. The van der Waals surface area contributed by atoms with E-state index in [2.05, 4.69) is 145 Å². The van der Waals surface area contributed by atoms with Gasteiger partial charge >= 0.3 is 0 Å². The van der Waals surface area contributed by atoms with Crippen LogP contribution in [0.3, 0.4) is 0 Å². The molecule has 248 valence electrons.